The Morgan fingerprint density at radius 2 is 2.24 bits per heavy atom. The first-order valence-electron chi connectivity index (χ1n) is 6.32. The van der Waals surface area contributed by atoms with Gasteiger partial charge in [0.1, 0.15) is 5.52 Å². The molecular formula is C13H20N4. The Hall–Kier alpha value is -1.58. The van der Waals surface area contributed by atoms with Crippen molar-refractivity contribution in [2.45, 2.75) is 46.1 Å². The van der Waals surface area contributed by atoms with Gasteiger partial charge in [0.15, 0.2) is 5.82 Å². The lowest BCUT2D eigenvalue weighted by Gasteiger charge is -2.17. The zero-order valence-corrected chi connectivity index (χ0v) is 10.8. The summed E-state index contributed by atoms with van der Waals surface area (Å²) in [7, 11) is 0. The molecule has 2 rings (SSSR count). The van der Waals surface area contributed by atoms with Crippen LogP contribution in [0.2, 0.25) is 0 Å². The molecule has 4 heteroatoms. The smallest absolute Gasteiger partial charge is 0.152 e. The molecule has 0 amide bonds. The topological polar surface area (TPSA) is 42.2 Å². The highest BCUT2D eigenvalue weighted by Gasteiger charge is 2.09. The van der Waals surface area contributed by atoms with E-state index in [0.717, 1.165) is 23.4 Å². The van der Waals surface area contributed by atoms with Crippen LogP contribution in [0.5, 0.6) is 0 Å². The lowest BCUT2D eigenvalue weighted by molar-refractivity contribution is 0.620. The summed E-state index contributed by atoms with van der Waals surface area (Å²) >= 11 is 0. The monoisotopic (exact) mass is 232 g/mol. The fourth-order valence-electron chi connectivity index (χ4n) is 2.08. The summed E-state index contributed by atoms with van der Waals surface area (Å²) in [5, 5.41) is 7.90. The lowest BCUT2D eigenvalue weighted by Crippen LogP contribution is -2.19. The minimum atomic E-state index is 0.494. The molecule has 0 bridgehead atoms. The van der Waals surface area contributed by atoms with Gasteiger partial charge in [-0.15, -0.1) is 0 Å². The van der Waals surface area contributed by atoms with E-state index < -0.39 is 0 Å². The van der Waals surface area contributed by atoms with Crippen molar-refractivity contribution in [3.63, 3.8) is 0 Å². The van der Waals surface area contributed by atoms with Crippen molar-refractivity contribution in [1.29, 1.82) is 0 Å². The van der Waals surface area contributed by atoms with Crippen molar-refractivity contribution in [2.24, 2.45) is 0 Å². The van der Waals surface area contributed by atoms with Crippen LogP contribution in [0.1, 0.15) is 38.8 Å². The molecule has 17 heavy (non-hydrogen) atoms. The number of fused-ring (bicyclic) bond motifs is 1. The largest absolute Gasteiger partial charge is 0.366 e. The molecule has 1 unspecified atom stereocenters. The summed E-state index contributed by atoms with van der Waals surface area (Å²) in [6.07, 6.45) is 7.15. The number of aromatic nitrogens is 3. The number of aryl methyl sites for hydroxylation is 1. The van der Waals surface area contributed by atoms with E-state index in [-0.39, 0.29) is 0 Å². The molecule has 92 valence electrons. The fourth-order valence-corrected chi connectivity index (χ4v) is 2.08. The van der Waals surface area contributed by atoms with Gasteiger partial charge in [-0.3, -0.25) is 0 Å². The van der Waals surface area contributed by atoms with Crippen molar-refractivity contribution < 1.29 is 0 Å². The van der Waals surface area contributed by atoms with E-state index in [2.05, 4.69) is 35.3 Å². The minimum absolute atomic E-state index is 0.494. The molecule has 1 N–H and O–H groups in total. The van der Waals surface area contributed by atoms with Crippen molar-refractivity contribution in [3.8, 4) is 0 Å². The number of rotatable bonds is 5. The second-order valence-electron chi connectivity index (χ2n) is 4.43. The molecule has 0 spiro atoms. The Morgan fingerprint density at radius 1 is 1.41 bits per heavy atom. The Bertz CT molecular complexity index is 489. The standard InChI is InChI=1S/C13H20N4/c1-4-6-11(5-2)15-13-12-9-10(3)16-17(12)8-7-14-13/h7-9,11H,4-6H2,1-3H3,(H,14,15). The Morgan fingerprint density at radius 3 is 2.94 bits per heavy atom. The first-order chi connectivity index (χ1) is 8.24. The molecule has 0 fully saturated rings. The molecule has 0 saturated heterocycles. The van der Waals surface area contributed by atoms with E-state index in [1.807, 2.05) is 17.6 Å². The van der Waals surface area contributed by atoms with Gasteiger partial charge in [0.25, 0.3) is 0 Å². The van der Waals surface area contributed by atoms with Gasteiger partial charge in [0.2, 0.25) is 0 Å². The highest BCUT2D eigenvalue weighted by Crippen LogP contribution is 2.17. The van der Waals surface area contributed by atoms with E-state index >= 15 is 0 Å². The summed E-state index contributed by atoms with van der Waals surface area (Å²) in [5.41, 5.74) is 2.07. The lowest BCUT2D eigenvalue weighted by atomic mass is 10.1. The molecule has 0 aliphatic rings. The van der Waals surface area contributed by atoms with Crippen LogP contribution in [-0.2, 0) is 0 Å². The third-order valence-electron chi connectivity index (χ3n) is 2.98. The minimum Gasteiger partial charge on any atom is -0.366 e. The maximum atomic E-state index is 4.42. The average Bonchev–Trinajstić information content (AvgIpc) is 2.70. The van der Waals surface area contributed by atoms with Gasteiger partial charge in [0.05, 0.1) is 5.69 Å². The molecule has 0 radical (unpaired) electrons. The highest BCUT2D eigenvalue weighted by molar-refractivity contribution is 5.67. The van der Waals surface area contributed by atoms with E-state index in [0.29, 0.717) is 6.04 Å². The fraction of sp³-hybridized carbons (Fsp3) is 0.538. The van der Waals surface area contributed by atoms with Crippen LogP contribution in [0, 0.1) is 6.92 Å². The van der Waals surface area contributed by atoms with Gasteiger partial charge in [0, 0.05) is 18.4 Å². The number of hydrogen-bond acceptors (Lipinski definition) is 3. The predicted molar refractivity (Wildman–Crippen MR) is 70.3 cm³/mol. The van der Waals surface area contributed by atoms with Gasteiger partial charge in [-0.1, -0.05) is 20.3 Å². The van der Waals surface area contributed by atoms with Crippen LogP contribution >= 0.6 is 0 Å². The second-order valence-corrected chi connectivity index (χ2v) is 4.43. The van der Waals surface area contributed by atoms with Crippen LogP contribution in [0.25, 0.3) is 5.52 Å². The average molecular weight is 232 g/mol. The molecule has 0 aromatic carbocycles. The van der Waals surface area contributed by atoms with Crippen LogP contribution < -0.4 is 5.32 Å². The molecule has 0 saturated carbocycles. The summed E-state index contributed by atoms with van der Waals surface area (Å²) in [5.74, 6) is 0.938. The van der Waals surface area contributed by atoms with Crippen molar-refractivity contribution in [1.82, 2.24) is 14.6 Å². The normalized spacial score (nSPS) is 12.9. The summed E-state index contributed by atoms with van der Waals surface area (Å²) in [6.45, 7) is 6.41. The number of nitrogens with one attached hydrogen (secondary N) is 1. The van der Waals surface area contributed by atoms with Crippen LogP contribution in [0.3, 0.4) is 0 Å². The number of anilines is 1. The highest BCUT2D eigenvalue weighted by atomic mass is 15.2. The Balaban J connectivity index is 2.28. The third-order valence-corrected chi connectivity index (χ3v) is 2.98. The molecule has 2 aromatic rings. The van der Waals surface area contributed by atoms with E-state index in [1.165, 1.54) is 12.8 Å². The molecule has 0 aliphatic heterocycles. The van der Waals surface area contributed by atoms with Gasteiger partial charge in [-0.05, 0) is 25.8 Å². The Labute approximate surface area is 102 Å². The predicted octanol–water partition coefficient (Wildman–Crippen LogP) is 3.03. The molecule has 2 aromatic heterocycles. The number of nitrogens with zero attached hydrogens (tertiary/aromatic N) is 3. The van der Waals surface area contributed by atoms with Gasteiger partial charge in [-0.25, -0.2) is 9.50 Å². The maximum Gasteiger partial charge on any atom is 0.152 e. The summed E-state index contributed by atoms with van der Waals surface area (Å²) in [6, 6.07) is 2.56. The SMILES string of the molecule is CCCC(CC)Nc1nccn2nc(C)cc12. The zero-order chi connectivity index (χ0) is 12.3. The van der Waals surface area contributed by atoms with Crippen molar-refractivity contribution in [2.75, 3.05) is 5.32 Å². The van der Waals surface area contributed by atoms with Crippen LogP contribution in [-0.4, -0.2) is 20.6 Å². The Kier molecular flexibility index (Phi) is 3.61. The summed E-state index contributed by atoms with van der Waals surface area (Å²) in [4.78, 5) is 4.42. The van der Waals surface area contributed by atoms with E-state index in [4.69, 9.17) is 0 Å². The van der Waals surface area contributed by atoms with E-state index in [1.54, 1.807) is 6.20 Å². The molecule has 0 aliphatic carbocycles. The molecular weight excluding hydrogens is 212 g/mol. The number of hydrogen-bond donors (Lipinski definition) is 1. The van der Waals surface area contributed by atoms with Crippen molar-refractivity contribution >= 4 is 11.3 Å². The first-order valence-corrected chi connectivity index (χ1v) is 6.32. The maximum absolute atomic E-state index is 4.42. The van der Waals surface area contributed by atoms with Crippen molar-refractivity contribution in [3.05, 3.63) is 24.2 Å². The molecule has 1 atom stereocenters. The second kappa shape index (κ2) is 5.17. The molecule has 4 nitrogen and oxygen atoms in total. The first kappa shape index (κ1) is 11.9. The zero-order valence-electron chi connectivity index (χ0n) is 10.8. The third kappa shape index (κ3) is 2.57. The summed E-state index contributed by atoms with van der Waals surface area (Å²) < 4.78 is 1.88. The van der Waals surface area contributed by atoms with Crippen LogP contribution in [0.15, 0.2) is 18.5 Å². The van der Waals surface area contributed by atoms with Gasteiger partial charge >= 0.3 is 0 Å². The van der Waals surface area contributed by atoms with Gasteiger partial charge < -0.3 is 5.32 Å². The van der Waals surface area contributed by atoms with E-state index in [9.17, 15) is 0 Å². The molecule has 2 heterocycles. The van der Waals surface area contributed by atoms with Crippen LogP contribution in [0.4, 0.5) is 5.82 Å². The quantitative estimate of drug-likeness (QED) is 0.861. The van der Waals surface area contributed by atoms with Gasteiger partial charge in [-0.2, -0.15) is 5.10 Å².